The minimum absolute atomic E-state index is 1.06. The Labute approximate surface area is 131 Å². The molecule has 1 N–H and O–H groups in total. The van der Waals surface area contributed by atoms with Gasteiger partial charge < -0.3 is 4.90 Å². The van der Waals surface area contributed by atoms with E-state index in [1.807, 2.05) is 11.8 Å². The summed E-state index contributed by atoms with van der Waals surface area (Å²) in [6, 6.07) is 17.6. The lowest BCUT2D eigenvalue weighted by molar-refractivity contribution is -0.857. The van der Waals surface area contributed by atoms with Crippen LogP contribution in [0.25, 0.3) is 5.57 Å². The smallest absolute Gasteiger partial charge is 0.0802 e. The Morgan fingerprint density at radius 3 is 2.52 bits per heavy atom. The van der Waals surface area contributed by atoms with Gasteiger partial charge in [0.2, 0.25) is 0 Å². The largest absolute Gasteiger partial charge is 0.340 e. The molecule has 108 valence electrons. The third-order valence-electron chi connectivity index (χ3n) is 3.86. The average Bonchev–Trinajstić information content (AvgIpc) is 2.65. The van der Waals surface area contributed by atoms with E-state index in [4.69, 9.17) is 0 Å². The standard InChI is InChI=1S/C19H21NS/c1-20(2)13-7-11-17-16-9-4-3-8-15(16)14-21-19-12-6-5-10-18(17)19/h3-6,8-12H,7,13-14H2,1-2H3/p+1/b17-11-. The van der Waals surface area contributed by atoms with Crippen molar-refractivity contribution in [2.75, 3.05) is 20.6 Å². The van der Waals surface area contributed by atoms with Gasteiger partial charge in [-0.05, 0) is 28.3 Å². The second-order valence-corrected chi connectivity index (χ2v) is 6.82. The molecule has 2 heteroatoms. The van der Waals surface area contributed by atoms with Gasteiger partial charge in [-0.25, -0.2) is 0 Å². The molecular weight excluding hydrogens is 274 g/mol. The van der Waals surface area contributed by atoms with Crippen molar-refractivity contribution in [3.8, 4) is 0 Å². The van der Waals surface area contributed by atoms with Crippen molar-refractivity contribution in [3.63, 3.8) is 0 Å². The molecule has 0 amide bonds. The van der Waals surface area contributed by atoms with Gasteiger partial charge in [-0.15, -0.1) is 11.8 Å². The highest BCUT2D eigenvalue weighted by Crippen LogP contribution is 2.39. The molecule has 0 unspecified atom stereocenters. The van der Waals surface area contributed by atoms with E-state index in [-0.39, 0.29) is 0 Å². The van der Waals surface area contributed by atoms with Gasteiger partial charge in [-0.1, -0.05) is 48.5 Å². The molecule has 0 atom stereocenters. The molecule has 2 aromatic rings. The fraction of sp³-hybridized carbons (Fsp3) is 0.263. The van der Waals surface area contributed by atoms with Crippen molar-refractivity contribution in [3.05, 3.63) is 71.3 Å². The number of hydrogen-bond donors (Lipinski definition) is 1. The quantitative estimate of drug-likeness (QED) is 0.911. The van der Waals surface area contributed by atoms with Crippen LogP contribution >= 0.6 is 11.8 Å². The monoisotopic (exact) mass is 296 g/mol. The molecule has 0 radical (unpaired) electrons. The van der Waals surface area contributed by atoms with Gasteiger partial charge in [0.15, 0.2) is 0 Å². The van der Waals surface area contributed by atoms with Crippen LogP contribution in [0.1, 0.15) is 23.1 Å². The summed E-state index contributed by atoms with van der Waals surface area (Å²) in [5, 5.41) is 0. The van der Waals surface area contributed by atoms with Crippen LogP contribution in [0.15, 0.2) is 59.5 Å². The Morgan fingerprint density at radius 2 is 1.71 bits per heavy atom. The van der Waals surface area contributed by atoms with Gasteiger partial charge in [0.05, 0.1) is 20.6 Å². The Balaban J connectivity index is 2.07. The summed E-state index contributed by atoms with van der Waals surface area (Å²) in [7, 11) is 4.42. The van der Waals surface area contributed by atoms with Crippen LogP contribution in [0.2, 0.25) is 0 Å². The van der Waals surface area contributed by atoms with Crippen molar-refractivity contribution in [1.29, 1.82) is 0 Å². The Kier molecular flexibility index (Phi) is 4.47. The van der Waals surface area contributed by atoms with Gasteiger partial charge in [0.1, 0.15) is 0 Å². The molecule has 0 saturated carbocycles. The van der Waals surface area contributed by atoms with Crippen molar-refractivity contribution in [2.45, 2.75) is 17.1 Å². The van der Waals surface area contributed by atoms with Crippen LogP contribution < -0.4 is 4.90 Å². The highest BCUT2D eigenvalue weighted by Gasteiger charge is 2.17. The van der Waals surface area contributed by atoms with Gasteiger partial charge in [0.25, 0.3) is 0 Å². The maximum atomic E-state index is 2.43. The molecule has 1 nitrogen and oxygen atoms in total. The first kappa shape index (κ1) is 14.4. The van der Waals surface area contributed by atoms with E-state index in [2.05, 4.69) is 68.7 Å². The lowest BCUT2D eigenvalue weighted by atomic mass is 9.93. The van der Waals surface area contributed by atoms with E-state index in [9.17, 15) is 0 Å². The van der Waals surface area contributed by atoms with Crippen molar-refractivity contribution >= 4 is 17.3 Å². The van der Waals surface area contributed by atoms with Crippen molar-refractivity contribution in [2.24, 2.45) is 0 Å². The molecule has 3 rings (SSSR count). The fourth-order valence-corrected chi connectivity index (χ4v) is 3.82. The summed E-state index contributed by atoms with van der Waals surface area (Å²) < 4.78 is 0. The van der Waals surface area contributed by atoms with Gasteiger partial charge >= 0.3 is 0 Å². The van der Waals surface area contributed by atoms with E-state index in [0.717, 1.165) is 12.2 Å². The molecule has 0 aromatic heterocycles. The number of benzene rings is 2. The third kappa shape index (κ3) is 3.22. The predicted molar refractivity (Wildman–Crippen MR) is 91.8 cm³/mol. The number of nitrogens with one attached hydrogen (secondary N) is 1. The lowest BCUT2D eigenvalue weighted by Gasteiger charge is -2.12. The lowest BCUT2D eigenvalue weighted by Crippen LogP contribution is -3.05. The molecule has 0 aliphatic carbocycles. The van der Waals surface area contributed by atoms with Crippen LogP contribution in [0.4, 0.5) is 0 Å². The fourth-order valence-electron chi connectivity index (χ4n) is 2.75. The summed E-state index contributed by atoms with van der Waals surface area (Å²) in [6.45, 7) is 1.17. The van der Waals surface area contributed by atoms with E-state index < -0.39 is 0 Å². The normalized spacial score (nSPS) is 15.7. The molecule has 21 heavy (non-hydrogen) atoms. The SMILES string of the molecule is C[NH+](C)CC/C=C1/c2ccccc2CSc2ccccc21. The van der Waals surface area contributed by atoms with Crippen molar-refractivity contribution in [1.82, 2.24) is 0 Å². The Bertz CT molecular complexity index is 609. The molecular formula is C19H22NS+. The first-order chi connectivity index (χ1) is 10.3. The van der Waals surface area contributed by atoms with Gasteiger partial charge in [-0.2, -0.15) is 0 Å². The predicted octanol–water partition coefficient (Wildman–Crippen LogP) is 3.26. The maximum Gasteiger partial charge on any atom is 0.0802 e. The maximum absolute atomic E-state index is 2.43. The number of quaternary nitrogens is 1. The zero-order chi connectivity index (χ0) is 14.7. The third-order valence-corrected chi connectivity index (χ3v) is 4.98. The first-order valence-electron chi connectivity index (χ1n) is 7.55. The molecule has 1 heterocycles. The summed E-state index contributed by atoms with van der Waals surface area (Å²) in [5.74, 6) is 1.06. The topological polar surface area (TPSA) is 4.44 Å². The summed E-state index contributed by atoms with van der Waals surface area (Å²) in [6.07, 6.45) is 3.54. The Hall–Kier alpha value is -1.51. The van der Waals surface area contributed by atoms with Crippen LogP contribution in [-0.4, -0.2) is 20.6 Å². The average molecular weight is 296 g/mol. The van der Waals surface area contributed by atoms with Gasteiger partial charge in [0, 0.05) is 17.1 Å². The minimum atomic E-state index is 1.06. The van der Waals surface area contributed by atoms with Gasteiger partial charge in [-0.3, -0.25) is 0 Å². The van der Waals surface area contributed by atoms with Crippen LogP contribution in [0.5, 0.6) is 0 Å². The molecule has 0 bridgehead atoms. The highest BCUT2D eigenvalue weighted by atomic mass is 32.2. The second kappa shape index (κ2) is 6.50. The molecule has 0 spiro atoms. The van der Waals surface area contributed by atoms with E-state index in [1.165, 1.54) is 38.6 Å². The Morgan fingerprint density at radius 1 is 1.00 bits per heavy atom. The summed E-state index contributed by atoms with van der Waals surface area (Å²) >= 11 is 1.95. The molecule has 1 aliphatic heterocycles. The van der Waals surface area contributed by atoms with E-state index in [0.29, 0.717) is 0 Å². The first-order valence-corrected chi connectivity index (χ1v) is 8.54. The molecule has 1 aliphatic rings. The van der Waals surface area contributed by atoms with Crippen LogP contribution in [-0.2, 0) is 5.75 Å². The van der Waals surface area contributed by atoms with E-state index >= 15 is 0 Å². The number of rotatable bonds is 3. The van der Waals surface area contributed by atoms with Crippen LogP contribution in [0.3, 0.4) is 0 Å². The molecule has 0 fully saturated rings. The zero-order valence-corrected chi connectivity index (χ0v) is 13.5. The summed E-state index contributed by atoms with van der Waals surface area (Å²) in [4.78, 5) is 2.90. The second-order valence-electron chi connectivity index (χ2n) is 5.81. The number of fused-ring (bicyclic) bond motifs is 2. The van der Waals surface area contributed by atoms with E-state index in [1.54, 1.807) is 0 Å². The molecule has 0 saturated heterocycles. The number of hydrogen-bond acceptors (Lipinski definition) is 1. The minimum Gasteiger partial charge on any atom is -0.340 e. The summed E-state index contributed by atoms with van der Waals surface area (Å²) in [5.41, 5.74) is 5.65. The molecule has 2 aromatic carbocycles. The van der Waals surface area contributed by atoms with Crippen LogP contribution in [0, 0.1) is 0 Å². The highest BCUT2D eigenvalue weighted by molar-refractivity contribution is 7.98. The zero-order valence-electron chi connectivity index (χ0n) is 12.7. The number of thioether (sulfide) groups is 1. The van der Waals surface area contributed by atoms with Crippen molar-refractivity contribution < 1.29 is 4.90 Å².